The van der Waals surface area contributed by atoms with Gasteiger partial charge in [0.25, 0.3) is 0 Å². The van der Waals surface area contributed by atoms with Crippen LogP contribution in [0.4, 0.5) is 17.3 Å². The molecule has 0 unspecified atom stereocenters. The zero-order valence-corrected chi connectivity index (χ0v) is 14.6. The number of rotatable bonds is 5. The molecule has 0 saturated carbocycles. The second-order valence-corrected chi connectivity index (χ2v) is 6.20. The van der Waals surface area contributed by atoms with Crippen LogP contribution in [-0.4, -0.2) is 16.5 Å². The summed E-state index contributed by atoms with van der Waals surface area (Å²) in [5.74, 6) is 2.64. The van der Waals surface area contributed by atoms with Crippen LogP contribution in [0.1, 0.15) is 32.5 Å². The summed E-state index contributed by atoms with van der Waals surface area (Å²) in [6, 6.07) is 7.60. The molecule has 0 saturated heterocycles. The SMILES string of the molecule is CCNc1cc(Nc2ccc(Br)c(Cl)c2)nc(C(C)C)n1. The molecule has 0 atom stereocenters. The smallest absolute Gasteiger partial charge is 0.136 e. The first-order valence-electron chi connectivity index (χ1n) is 6.84. The van der Waals surface area contributed by atoms with Gasteiger partial charge in [-0.3, -0.25) is 0 Å². The molecule has 0 bridgehead atoms. The molecule has 1 aromatic heterocycles. The maximum absolute atomic E-state index is 6.11. The fourth-order valence-electron chi connectivity index (χ4n) is 1.78. The molecule has 0 aliphatic heterocycles. The Morgan fingerprint density at radius 3 is 2.52 bits per heavy atom. The Kier molecular flexibility index (Phi) is 5.42. The van der Waals surface area contributed by atoms with E-state index in [4.69, 9.17) is 11.6 Å². The highest BCUT2D eigenvalue weighted by Crippen LogP contribution is 2.27. The molecule has 21 heavy (non-hydrogen) atoms. The predicted molar refractivity (Wildman–Crippen MR) is 92.7 cm³/mol. The molecular weight excluding hydrogens is 352 g/mol. The highest BCUT2D eigenvalue weighted by atomic mass is 79.9. The van der Waals surface area contributed by atoms with Crippen LogP contribution >= 0.6 is 27.5 Å². The van der Waals surface area contributed by atoms with E-state index in [-0.39, 0.29) is 5.92 Å². The molecule has 0 aliphatic carbocycles. The summed E-state index contributed by atoms with van der Waals surface area (Å²) in [5, 5.41) is 7.15. The Labute approximate surface area is 138 Å². The lowest BCUT2D eigenvalue weighted by Gasteiger charge is -2.12. The van der Waals surface area contributed by atoms with Crippen LogP contribution in [0.15, 0.2) is 28.7 Å². The van der Waals surface area contributed by atoms with Gasteiger partial charge in [0, 0.05) is 28.7 Å². The Morgan fingerprint density at radius 2 is 1.90 bits per heavy atom. The summed E-state index contributed by atoms with van der Waals surface area (Å²) in [7, 11) is 0. The lowest BCUT2D eigenvalue weighted by Crippen LogP contribution is -2.07. The second-order valence-electron chi connectivity index (χ2n) is 4.94. The molecule has 0 aliphatic rings. The van der Waals surface area contributed by atoms with Crippen molar-refractivity contribution in [1.82, 2.24) is 9.97 Å². The maximum Gasteiger partial charge on any atom is 0.136 e. The molecule has 0 amide bonds. The van der Waals surface area contributed by atoms with Gasteiger partial charge in [-0.2, -0.15) is 0 Å². The lowest BCUT2D eigenvalue weighted by molar-refractivity contribution is 0.777. The minimum absolute atomic E-state index is 0.262. The van der Waals surface area contributed by atoms with E-state index in [9.17, 15) is 0 Å². The molecule has 2 rings (SSSR count). The number of benzene rings is 1. The quantitative estimate of drug-likeness (QED) is 0.761. The van der Waals surface area contributed by atoms with Crippen molar-refractivity contribution in [3.05, 3.63) is 39.6 Å². The minimum atomic E-state index is 0.262. The van der Waals surface area contributed by atoms with Crippen LogP contribution in [0.25, 0.3) is 0 Å². The Morgan fingerprint density at radius 1 is 1.19 bits per heavy atom. The topological polar surface area (TPSA) is 49.8 Å². The van der Waals surface area contributed by atoms with Crippen molar-refractivity contribution in [3.63, 3.8) is 0 Å². The highest BCUT2D eigenvalue weighted by molar-refractivity contribution is 9.10. The van der Waals surface area contributed by atoms with Crippen molar-refractivity contribution in [3.8, 4) is 0 Å². The number of halogens is 2. The number of hydrogen-bond donors (Lipinski definition) is 2. The van der Waals surface area contributed by atoms with E-state index < -0.39 is 0 Å². The standard InChI is InChI=1S/C15H18BrClN4/c1-4-18-13-8-14(21-15(20-13)9(2)3)19-10-5-6-11(16)12(17)7-10/h5-9H,4H2,1-3H3,(H2,18,19,20,21). The lowest BCUT2D eigenvalue weighted by atomic mass is 10.2. The third kappa shape index (κ3) is 4.32. The van der Waals surface area contributed by atoms with E-state index in [0.717, 1.165) is 34.2 Å². The third-order valence-electron chi connectivity index (χ3n) is 2.81. The first-order valence-corrected chi connectivity index (χ1v) is 8.01. The number of anilines is 3. The van der Waals surface area contributed by atoms with Gasteiger partial charge in [-0.15, -0.1) is 0 Å². The molecular formula is C15H18BrClN4. The number of hydrogen-bond acceptors (Lipinski definition) is 4. The summed E-state index contributed by atoms with van der Waals surface area (Å²) in [6.45, 7) is 7.01. The van der Waals surface area contributed by atoms with Gasteiger partial charge < -0.3 is 10.6 Å². The number of nitrogens with one attached hydrogen (secondary N) is 2. The van der Waals surface area contributed by atoms with Gasteiger partial charge in [0.05, 0.1) is 5.02 Å². The van der Waals surface area contributed by atoms with E-state index in [1.54, 1.807) is 0 Å². The predicted octanol–water partition coefficient (Wildman–Crippen LogP) is 5.19. The number of aromatic nitrogens is 2. The van der Waals surface area contributed by atoms with Crippen molar-refractivity contribution in [2.45, 2.75) is 26.7 Å². The largest absolute Gasteiger partial charge is 0.370 e. The van der Waals surface area contributed by atoms with Crippen molar-refractivity contribution in [2.24, 2.45) is 0 Å². The molecule has 0 radical (unpaired) electrons. The summed E-state index contributed by atoms with van der Waals surface area (Å²) in [6.07, 6.45) is 0. The van der Waals surface area contributed by atoms with Crippen LogP contribution in [0.5, 0.6) is 0 Å². The molecule has 1 heterocycles. The van der Waals surface area contributed by atoms with Gasteiger partial charge >= 0.3 is 0 Å². The molecule has 2 aromatic rings. The highest BCUT2D eigenvalue weighted by Gasteiger charge is 2.08. The average molecular weight is 370 g/mol. The van der Waals surface area contributed by atoms with Gasteiger partial charge in [-0.05, 0) is 41.1 Å². The van der Waals surface area contributed by atoms with Crippen LogP contribution in [0, 0.1) is 0 Å². The fourth-order valence-corrected chi connectivity index (χ4v) is 2.21. The van der Waals surface area contributed by atoms with E-state index in [1.165, 1.54) is 0 Å². The van der Waals surface area contributed by atoms with Crippen LogP contribution in [-0.2, 0) is 0 Å². The number of nitrogens with zero attached hydrogens (tertiary/aromatic N) is 2. The van der Waals surface area contributed by atoms with Crippen molar-refractivity contribution < 1.29 is 0 Å². The van der Waals surface area contributed by atoms with Gasteiger partial charge in [0.1, 0.15) is 17.5 Å². The fraction of sp³-hybridized carbons (Fsp3) is 0.333. The molecule has 2 N–H and O–H groups in total. The van der Waals surface area contributed by atoms with Gasteiger partial charge in [0.15, 0.2) is 0 Å². The molecule has 1 aromatic carbocycles. The monoisotopic (exact) mass is 368 g/mol. The van der Waals surface area contributed by atoms with Crippen LogP contribution in [0.3, 0.4) is 0 Å². The van der Waals surface area contributed by atoms with Gasteiger partial charge in [0.2, 0.25) is 0 Å². The minimum Gasteiger partial charge on any atom is -0.370 e. The van der Waals surface area contributed by atoms with Crippen molar-refractivity contribution >= 4 is 44.9 Å². The Bertz CT molecular complexity index is 631. The molecule has 4 nitrogen and oxygen atoms in total. The molecule has 0 fully saturated rings. The van der Waals surface area contributed by atoms with Crippen LogP contribution in [0.2, 0.25) is 5.02 Å². The summed E-state index contributed by atoms with van der Waals surface area (Å²) < 4.78 is 0.869. The Hall–Kier alpha value is -1.33. The van der Waals surface area contributed by atoms with Crippen LogP contribution < -0.4 is 10.6 Å². The average Bonchev–Trinajstić information content (AvgIpc) is 2.43. The van der Waals surface area contributed by atoms with Crippen molar-refractivity contribution in [1.29, 1.82) is 0 Å². The third-order valence-corrected chi connectivity index (χ3v) is 4.04. The zero-order valence-electron chi connectivity index (χ0n) is 12.2. The Balaban J connectivity index is 2.31. The van der Waals surface area contributed by atoms with E-state index in [1.807, 2.05) is 31.2 Å². The van der Waals surface area contributed by atoms with E-state index in [2.05, 4.69) is 50.4 Å². The van der Waals surface area contributed by atoms with Gasteiger partial charge in [-0.1, -0.05) is 25.4 Å². The van der Waals surface area contributed by atoms with Crippen molar-refractivity contribution in [2.75, 3.05) is 17.2 Å². The first-order chi connectivity index (χ1) is 9.99. The zero-order chi connectivity index (χ0) is 15.4. The summed E-state index contributed by atoms with van der Waals surface area (Å²) in [4.78, 5) is 9.05. The normalized spacial score (nSPS) is 10.8. The van der Waals surface area contributed by atoms with E-state index in [0.29, 0.717) is 5.02 Å². The molecule has 0 spiro atoms. The van der Waals surface area contributed by atoms with Gasteiger partial charge in [-0.25, -0.2) is 9.97 Å². The maximum atomic E-state index is 6.11. The summed E-state index contributed by atoms with van der Waals surface area (Å²) >= 11 is 9.49. The molecule has 6 heteroatoms. The first kappa shape index (κ1) is 16.0. The summed E-state index contributed by atoms with van der Waals surface area (Å²) in [5.41, 5.74) is 0.888. The second kappa shape index (κ2) is 7.09. The molecule has 112 valence electrons. The van der Waals surface area contributed by atoms with E-state index >= 15 is 0 Å².